The van der Waals surface area contributed by atoms with Gasteiger partial charge in [-0.15, -0.1) is 11.8 Å². The number of benzene rings is 2. The van der Waals surface area contributed by atoms with Gasteiger partial charge in [0.05, 0.1) is 12.3 Å². The molecule has 0 aromatic heterocycles. The number of thioether (sulfide) groups is 1. The Hall–Kier alpha value is -2.18. The summed E-state index contributed by atoms with van der Waals surface area (Å²) in [6.45, 7) is 4.69. The molecule has 3 heteroatoms. The lowest BCUT2D eigenvalue weighted by molar-refractivity contribution is -0.127. The Balaban J connectivity index is 1.78. The van der Waals surface area contributed by atoms with Crippen molar-refractivity contribution in [1.82, 2.24) is 4.90 Å². The fourth-order valence-electron chi connectivity index (χ4n) is 2.57. The number of amides is 1. The third-order valence-electron chi connectivity index (χ3n) is 4.04. The Kier molecular flexibility index (Phi) is 4.73. The summed E-state index contributed by atoms with van der Waals surface area (Å²) < 4.78 is 0. The van der Waals surface area contributed by atoms with Crippen LogP contribution in [-0.4, -0.2) is 23.1 Å². The van der Waals surface area contributed by atoms with Crippen LogP contribution in [0.15, 0.2) is 48.5 Å². The van der Waals surface area contributed by atoms with Crippen molar-refractivity contribution < 1.29 is 4.79 Å². The highest BCUT2D eigenvalue weighted by Gasteiger charge is 2.32. The number of rotatable bonds is 2. The molecule has 1 unspecified atom stereocenters. The lowest BCUT2D eigenvalue weighted by atomic mass is 10.1. The highest BCUT2D eigenvalue weighted by Crippen LogP contribution is 2.38. The molecule has 0 spiro atoms. The molecule has 2 aromatic rings. The van der Waals surface area contributed by atoms with Crippen LogP contribution in [0.1, 0.15) is 27.6 Å². The molecule has 1 aliphatic heterocycles. The first-order chi connectivity index (χ1) is 11.1. The van der Waals surface area contributed by atoms with Gasteiger partial charge in [0.15, 0.2) is 0 Å². The monoisotopic (exact) mass is 321 g/mol. The average molecular weight is 321 g/mol. The maximum absolute atomic E-state index is 12.2. The van der Waals surface area contributed by atoms with E-state index in [0.717, 1.165) is 5.56 Å². The summed E-state index contributed by atoms with van der Waals surface area (Å²) in [5.74, 6) is 6.97. The summed E-state index contributed by atoms with van der Waals surface area (Å²) in [5, 5.41) is 0.0758. The van der Waals surface area contributed by atoms with Crippen LogP contribution in [-0.2, 0) is 4.79 Å². The van der Waals surface area contributed by atoms with E-state index in [4.69, 9.17) is 0 Å². The van der Waals surface area contributed by atoms with Crippen molar-refractivity contribution in [2.24, 2.45) is 0 Å². The zero-order valence-electron chi connectivity index (χ0n) is 13.4. The third kappa shape index (κ3) is 3.60. The predicted molar refractivity (Wildman–Crippen MR) is 96.1 cm³/mol. The van der Waals surface area contributed by atoms with Crippen molar-refractivity contribution in [3.05, 3.63) is 70.8 Å². The Morgan fingerprint density at radius 3 is 2.65 bits per heavy atom. The molecule has 1 aliphatic rings. The molecule has 0 aliphatic carbocycles. The van der Waals surface area contributed by atoms with E-state index in [1.807, 2.05) is 35.2 Å². The van der Waals surface area contributed by atoms with Gasteiger partial charge >= 0.3 is 0 Å². The van der Waals surface area contributed by atoms with Gasteiger partial charge in [-0.25, -0.2) is 0 Å². The van der Waals surface area contributed by atoms with Gasteiger partial charge in [-0.05, 0) is 42.7 Å². The zero-order chi connectivity index (χ0) is 16.2. The highest BCUT2D eigenvalue weighted by atomic mass is 32.2. The summed E-state index contributed by atoms with van der Waals surface area (Å²) >= 11 is 1.68. The molecule has 23 heavy (non-hydrogen) atoms. The number of hydrogen-bond acceptors (Lipinski definition) is 2. The van der Waals surface area contributed by atoms with Crippen LogP contribution in [0, 0.1) is 25.7 Å². The molecule has 116 valence electrons. The van der Waals surface area contributed by atoms with Crippen LogP contribution < -0.4 is 0 Å². The van der Waals surface area contributed by atoms with Crippen molar-refractivity contribution in [3.63, 3.8) is 0 Å². The lowest BCUT2D eigenvalue weighted by Crippen LogP contribution is -2.28. The smallest absolute Gasteiger partial charge is 0.234 e. The zero-order valence-corrected chi connectivity index (χ0v) is 14.2. The molecule has 1 heterocycles. The maximum Gasteiger partial charge on any atom is 0.234 e. The number of nitrogens with zero attached hydrogens (tertiary/aromatic N) is 1. The van der Waals surface area contributed by atoms with E-state index in [1.54, 1.807) is 11.8 Å². The predicted octanol–water partition coefficient (Wildman–Crippen LogP) is 3.93. The van der Waals surface area contributed by atoms with E-state index in [-0.39, 0.29) is 11.3 Å². The van der Waals surface area contributed by atoms with Gasteiger partial charge < -0.3 is 4.90 Å². The molecule has 3 rings (SSSR count). The maximum atomic E-state index is 12.2. The van der Waals surface area contributed by atoms with Gasteiger partial charge in [0.25, 0.3) is 0 Å². The molecule has 2 aromatic carbocycles. The van der Waals surface area contributed by atoms with Crippen LogP contribution in [0.3, 0.4) is 0 Å². The third-order valence-corrected chi connectivity index (χ3v) is 5.30. The van der Waals surface area contributed by atoms with Crippen LogP contribution in [0.2, 0.25) is 0 Å². The normalized spacial score (nSPS) is 17.0. The second-order valence-corrected chi connectivity index (χ2v) is 6.77. The Morgan fingerprint density at radius 1 is 1.13 bits per heavy atom. The Labute approximate surface area is 141 Å². The number of carbonyl (C=O) groups excluding carboxylic acids is 1. The quantitative estimate of drug-likeness (QED) is 0.781. The molecule has 1 saturated heterocycles. The van der Waals surface area contributed by atoms with E-state index in [9.17, 15) is 4.79 Å². The summed E-state index contributed by atoms with van der Waals surface area (Å²) in [6.07, 6.45) is 0. The molecule has 0 radical (unpaired) electrons. The molecule has 1 fully saturated rings. The van der Waals surface area contributed by atoms with Gasteiger partial charge in [0.1, 0.15) is 5.37 Å². The number of carbonyl (C=O) groups is 1. The van der Waals surface area contributed by atoms with E-state index in [0.29, 0.717) is 12.3 Å². The van der Waals surface area contributed by atoms with Crippen molar-refractivity contribution >= 4 is 17.7 Å². The molecular formula is C20H19NOS. The van der Waals surface area contributed by atoms with Gasteiger partial charge in [0.2, 0.25) is 5.91 Å². The minimum atomic E-state index is 0.0758. The van der Waals surface area contributed by atoms with Gasteiger partial charge in [0, 0.05) is 5.56 Å². The van der Waals surface area contributed by atoms with Crippen LogP contribution in [0.4, 0.5) is 0 Å². The van der Waals surface area contributed by atoms with E-state index >= 15 is 0 Å². The second kappa shape index (κ2) is 6.93. The standard InChI is InChI=1S/C20H19NOS/c1-15-10-11-18(13-16(15)2)20-21(19(22)14-23-20)12-6-9-17-7-4-3-5-8-17/h3-5,7-8,10-11,13,20H,12,14H2,1-2H3. The van der Waals surface area contributed by atoms with Gasteiger partial charge in [-0.3, -0.25) is 4.79 Å². The number of hydrogen-bond donors (Lipinski definition) is 0. The first-order valence-corrected chi connectivity index (χ1v) is 8.72. The van der Waals surface area contributed by atoms with Crippen molar-refractivity contribution in [2.75, 3.05) is 12.3 Å². The molecular weight excluding hydrogens is 302 g/mol. The molecule has 2 nitrogen and oxygen atoms in total. The lowest BCUT2D eigenvalue weighted by Gasteiger charge is -2.22. The molecule has 0 saturated carbocycles. The molecule has 1 amide bonds. The van der Waals surface area contributed by atoms with E-state index in [2.05, 4.69) is 43.9 Å². The fraction of sp³-hybridized carbons (Fsp3) is 0.250. The second-order valence-electron chi connectivity index (χ2n) is 5.70. The Morgan fingerprint density at radius 2 is 1.91 bits per heavy atom. The van der Waals surface area contributed by atoms with Crippen LogP contribution >= 0.6 is 11.8 Å². The Bertz CT molecular complexity index is 773. The summed E-state index contributed by atoms with van der Waals surface area (Å²) in [5.41, 5.74) is 4.70. The first-order valence-electron chi connectivity index (χ1n) is 7.67. The summed E-state index contributed by atoms with van der Waals surface area (Å²) in [4.78, 5) is 14.1. The van der Waals surface area contributed by atoms with Crippen LogP contribution in [0.5, 0.6) is 0 Å². The highest BCUT2D eigenvalue weighted by molar-refractivity contribution is 8.00. The van der Waals surface area contributed by atoms with Gasteiger partial charge in [-0.2, -0.15) is 0 Å². The minimum absolute atomic E-state index is 0.0758. The fourth-order valence-corrected chi connectivity index (χ4v) is 3.74. The van der Waals surface area contributed by atoms with E-state index in [1.165, 1.54) is 16.7 Å². The summed E-state index contributed by atoms with van der Waals surface area (Å²) in [7, 11) is 0. The van der Waals surface area contributed by atoms with Crippen molar-refractivity contribution in [2.45, 2.75) is 19.2 Å². The molecule has 0 bridgehead atoms. The van der Waals surface area contributed by atoms with Gasteiger partial charge in [-0.1, -0.05) is 48.2 Å². The van der Waals surface area contributed by atoms with Crippen molar-refractivity contribution in [1.29, 1.82) is 0 Å². The van der Waals surface area contributed by atoms with Crippen LogP contribution in [0.25, 0.3) is 0 Å². The summed E-state index contributed by atoms with van der Waals surface area (Å²) in [6, 6.07) is 16.3. The number of aryl methyl sites for hydroxylation is 2. The SMILES string of the molecule is Cc1ccc(C2SCC(=O)N2CC#Cc2ccccc2)cc1C. The largest absolute Gasteiger partial charge is 0.315 e. The van der Waals surface area contributed by atoms with Crippen molar-refractivity contribution in [3.8, 4) is 11.8 Å². The minimum Gasteiger partial charge on any atom is -0.315 e. The molecule has 0 N–H and O–H groups in total. The molecule has 1 atom stereocenters. The first kappa shape index (κ1) is 15.7. The average Bonchev–Trinajstić information content (AvgIpc) is 2.92. The van der Waals surface area contributed by atoms with E-state index < -0.39 is 0 Å². The topological polar surface area (TPSA) is 20.3 Å².